The zero-order valence-corrected chi connectivity index (χ0v) is 14.0. The number of carbonyl (C=O) groups is 1. The average Bonchev–Trinajstić information content (AvgIpc) is 2.48. The summed E-state index contributed by atoms with van der Waals surface area (Å²) in [5.41, 5.74) is 1.04. The zero-order valence-electron chi connectivity index (χ0n) is 12.4. The molecular weight excluding hydrogens is 336 g/mol. The fourth-order valence-corrected chi connectivity index (χ4v) is 2.97. The van der Waals surface area contributed by atoms with E-state index in [1.807, 2.05) is 19.1 Å². The van der Waals surface area contributed by atoms with Gasteiger partial charge in [-0.1, -0.05) is 0 Å². The van der Waals surface area contributed by atoms with Crippen LogP contribution in [0.5, 0.6) is 11.5 Å². The van der Waals surface area contributed by atoms with E-state index in [1.54, 1.807) is 7.11 Å². The number of ether oxygens (including phenoxy) is 2. The van der Waals surface area contributed by atoms with E-state index in [4.69, 9.17) is 9.47 Å². The van der Waals surface area contributed by atoms with E-state index in [9.17, 15) is 4.79 Å². The first-order valence-electron chi connectivity index (χ1n) is 7.16. The van der Waals surface area contributed by atoms with Crippen LogP contribution in [0.25, 0.3) is 0 Å². The molecule has 6 heteroatoms. The molecule has 2 rings (SSSR count). The Morgan fingerprint density at radius 1 is 1.48 bits per heavy atom. The standard InChI is InChI=1S/C15H21BrN2O3/c1-3-21-14-11(16)7-10(8-13(14)20-2)9-18-12-5-4-6-17-15(12)19/h7-8,12,18H,3-6,9H2,1-2H3,(H,17,19). The molecule has 0 aliphatic carbocycles. The molecule has 21 heavy (non-hydrogen) atoms. The molecule has 116 valence electrons. The summed E-state index contributed by atoms with van der Waals surface area (Å²) in [6.07, 6.45) is 1.89. The van der Waals surface area contributed by atoms with Gasteiger partial charge in [0.2, 0.25) is 5.91 Å². The Hall–Kier alpha value is -1.27. The van der Waals surface area contributed by atoms with Crippen molar-refractivity contribution in [3.63, 3.8) is 0 Å². The van der Waals surface area contributed by atoms with Crippen LogP contribution >= 0.6 is 15.9 Å². The molecule has 1 aliphatic rings. The predicted molar refractivity (Wildman–Crippen MR) is 84.7 cm³/mol. The molecule has 1 unspecified atom stereocenters. The minimum atomic E-state index is -0.116. The maximum atomic E-state index is 11.7. The van der Waals surface area contributed by atoms with Crippen LogP contribution in [0.2, 0.25) is 0 Å². The third-order valence-electron chi connectivity index (χ3n) is 3.42. The van der Waals surface area contributed by atoms with Crippen LogP contribution in [0, 0.1) is 0 Å². The summed E-state index contributed by atoms with van der Waals surface area (Å²) in [5, 5.41) is 6.16. The quantitative estimate of drug-likeness (QED) is 0.820. The highest BCUT2D eigenvalue weighted by Gasteiger charge is 2.21. The first kappa shape index (κ1) is 16.1. The van der Waals surface area contributed by atoms with Crippen molar-refractivity contribution in [2.75, 3.05) is 20.3 Å². The number of hydrogen-bond donors (Lipinski definition) is 2. The van der Waals surface area contributed by atoms with E-state index < -0.39 is 0 Å². The van der Waals surface area contributed by atoms with Gasteiger partial charge in [0.25, 0.3) is 0 Å². The van der Waals surface area contributed by atoms with Crippen molar-refractivity contribution in [3.8, 4) is 11.5 Å². The molecule has 0 spiro atoms. The van der Waals surface area contributed by atoms with Crippen molar-refractivity contribution in [2.24, 2.45) is 0 Å². The third-order valence-corrected chi connectivity index (χ3v) is 4.00. The lowest BCUT2D eigenvalue weighted by molar-refractivity contribution is -0.124. The predicted octanol–water partition coefficient (Wildman–Crippen LogP) is 2.22. The van der Waals surface area contributed by atoms with Crippen molar-refractivity contribution >= 4 is 21.8 Å². The second-order valence-corrected chi connectivity index (χ2v) is 5.76. The summed E-state index contributed by atoms with van der Waals surface area (Å²) in [6.45, 7) is 3.90. The lowest BCUT2D eigenvalue weighted by Gasteiger charge is -2.23. The molecule has 0 bridgehead atoms. The van der Waals surface area contributed by atoms with Gasteiger partial charge in [0.1, 0.15) is 0 Å². The molecule has 1 amide bonds. The Bertz CT molecular complexity index is 508. The Morgan fingerprint density at radius 3 is 2.95 bits per heavy atom. The van der Waals surface area contributed by atoms with E-state index in [0.717, 1.165) is 29.4 Å². The molecular formula is C15H21BrN2O3. The largest absolute Gasteiger partial charge is 0.493 e. The topological polar surface area (TPSA) is 59.6 Å². The van der Waals surface area contributed by atoms with Crippen LogP contribution in [-0.4, -0.2) is 32.2 Å². The number of methoxy groups -OCH3 is 1. The monoisotopic (exact) mass is 356 g/mol. The van der Waals surface area contributed by atoms with Gasteiger partial charge in [0, 0.05) is 13.1 Å². The molecule has 1 aromatic carbocycles. The van der Waals surface area contributed by atoms with Gasteiger partial charge in [-0.15, -0.1) is 0 Å². The van der Waals surface area contributed by atoms with Gasteiger partial charge in [-0.25, -0.2) is 0 Å². The van der Waals surface area contributed by atoms with Crippen LogP contribution in [-0.2, 0) is 11.3 Å². The molecule has 1 aliphatic heterocycles. The number of amides is 1. The third kappa shape index (κ3) is 4.11. The van der Waals surface area contributed by atoms with Crippen molar-refractivity contribution in [1.82, 2.24) is 10.6 Å². The van der Waals surface area contributed by atoms with Crippen molar-refractivity contribution in [3.05, 3.63) is 22.2 Å². The number of hydrogen-bond acceptors (Lipinski definition) is 4. The summed E-state index contributed by atoms with van der Waals surface area (Å²) < 4.78 is 11.8. The number of rotatable bonds is 6. The van der Waals surface area contributed by atoms with Gasteiger partial charge in [-0.3, -0.25) is 4.79 Å². The lowest BCUT2D eigenvalue weighted by atomic mass is 10.1. The van der Waals surface area contributed by atoms with Crippen LogP contribution in [0.1, 0.15) is 25.3 Å². The fraction of sp³-hybridized carbons (Fsp3) is 0.533. The first-order chi connectivity index (χ1) is 10.2. The Labute approximate surface area is 133 Å². The number of halogens is 1. The van der Waals surface area contributed by atoms with Gasteiger partial charge in [0.15, 0.2) is 11.5 Å². The molecule has 0 aromatic heterocycles. The summed E-state index contributed by atoms with van der Waals surface area (Å²) in [7, 11) is 1.62. The van der Waals surface area contributed by atoms with E-state index in [1.165, 1.54) is 0 Å². The van der Waals surface area contributed by atoms with Crippen LogP contribution in [0.3, 0.4) is 0 Å². The zero-order chi connectivity index (χ0) is 15.2. The molecule has 1 saturated heterocycles. The van der Waals surface area contributed by atoms with Gasteiger partial charge >= 0.3 is 0 Å². The molecule has 1 heterocycles. The second kappa shape index (κ2) is 7.66. The Morgan fingerprint density at radius 2 is 2.29 bits per heavy atom. The lowest BCUT2D eigenvalue weighted by Crippen LogP contribution is -2.47. The number of carbonyl (C=O) groups excluding carboxylic acids is 1. The summed E-state index contributed by atoms with van der Waals surface area (Å²) in [6, 6.07) is 3.81. The number of nitrogens with one attached hydrogen (secondary N) is 2. The molecule has 5 nitrogen and oxygen atoms in total. The molecule has 0 saturated carbocycles. The smallest absolute Gasteiger partial charge is 0.237 e. The minimum absolute atomic E-state index is 0.0817. The van der Waals surface area contributed by atoms with Crippen LogP contribution in [0.15, 0.2) is 16.6 Å². The average molecular weight is 357 g/mol. The van der Waals surface area contributed by atoms with E-state index in [2.05, 4.69) is 26.6 Å². The highest BCUT2D eigenvalue weighted by molar-refractivity contribution is 9.10. The molecule has 0 radical (unpaired) electrons. The minimum Gasteiger partial charge on any atom is -0.493 e. The van der Waals surface area contributed by atoms with Crippen LogP contribution in [0.4, 0.5) is 0 Å². The number of piperidine rings is 1. The summed E-state index contributed by atoms with van der Waals surface area (Å²) >= 11 is 3.51. The normalized spacial score (nSPS) is 18.2. The maximum absolute atomic E-state index is 11.7. The van der Waals surface area contributed by atoms with E-state index in [-0.39, 0.29) is 11.9 Å². The van der Waals surface area contributed by atoms with Gasteiger partial charge in [-0.2, -0.15) is 0 Å². The van der Waals surface area contributed by atoms with Gasteiger partial charge in [0.05, 0.1) is 24.2 Å². The van der Waals surface area contributed by atoms with Gasteiger partial charge in [-0.05, 0) is 53.4 Å². The second-order valence-electron chi connectivity index (χ2n) is 4.91. The first-order valence-corrected chi connectivity index (χ1v) is 7.95. The molecule has 1 atom stereocenters. The molecule has 2 N–H and O–H groups in total. The van der Waals surface area contributed by atoms with Gasteiger partial charge < -0.3 is 20.1 Å². The fourth-order valence-electron chi connectivity index (χ4n) is 2.37. The van der Waals surface area contributed by atoms with Crippen LogP contribution < -0.4 is 20.1 Å². The summed E-state index contributed by atoms with van der Waals surface area (Å²) in [5.74, 6) is 1.48. The molecule has 1 fully saturated rings. The van der Waals surface area contributed by atoms with Crippen molar-refractivity contribution in [2.45, 2.75) is 32.4 Å². The van der Waals surface area contributed by atoms with Crippen molar-refractivity contribution in [1.29, 1.82) is 0 Å². The molecule has 1 aromatic rings. The Balaban J connectivity index is 2.06. The van der Waals surface area contributed by atoms with Crippen molar-refractivity contribution < 1.29 is 14.3 Å². The van der Waals surface area contributed by atoms with E-state index >= 15 is 0 Å². The highest BCUT2D eigenvalue weighted by Crippen LogP contribution is 2.36. The Kier molecular flexibility index (Phi) is 5.87. The van der Waals surface area contributed by atoms with E-state index in [0.29, 0.717) is 24.7 Å². The maximum Gasteiger partial charge on any atom is 0.237 e. The summed E-state index contributed by atoms with van der Waals surface area (Å²) in [4.78, 5) is 11.7. The SMILES string of the molecule is CCOc1c(Br)cc(CNC2CCCNC2=O)cc1OC. The number of benzene rings is 1. The highest BCUT2D eigenvalue weighted by atomic mass is 79.9.